The molecule has 0 amide bonds. The van der Waals surface area contributed by atoms with Crippen LogP contribution in [0, 0.1) is 0 Å². The number of hydrogen-bond acceptors (Lipinski definition) is 3. The minimum atomic E-state index is -4.74. The molecule has 0 spiro atoms. The third kappa shape index (κ3) is 3.95. The zero-order valence-electron chi connectivity index (χ0n) is 9.32. The summed E-state index contributed by atoms with van der Waals surface area (Å²) in [7, 11) is 0. The first kappa shape index (κ1) is 14.4. The molecule has 7 heteroatoms. The molecular weight excluding hydrogens is 345 g/mol. The number of hydrogen-bond donors (Lipinski definition) is 1. The molecule has 2 aromatic rings. The largest absolute Gasteiger partial charge is 0.573 e. The molecule has 1 N–H and O–H groups in total. The SMILES string of the molecule is OC(c1cccc(OC(F)(F)F)c1)c1cc(Br)cs1. The quantitative estimate of drug-likeness (QED) is 0.881. The molecule has 1 unspecified atom stereocenters. The normalized spacial score (nSPS) is 13.3. The Labute approximate surface area is 119 Å². The maximum absolute atomic E-state index is 12.1. The third-order valence-corrected chi connectivity index (χ3v) is 4.01. The number of benzene rings is 1. The molecule has 2 nitrogen and oxygen atoms in total. The van der Waals surface area contributed by atoms with E-state index in [4.69, 9.17) is 0 Å². The summed E-state index contributed by atoms with van der Waals surface area (Å²) in [5.74, 6) is -0.348. The van der Waals surface area contributed by atoms with Crippen LogP contribution in [-0.4, -0.2) is 11.5 Å². The highest BCUT2D eigenvalue weighted by Gasteiger charge is 2.31. The van der Waals surface area contributed by atoms with Gasteiger partial charge in [0.1, 0.15) is 11.9 Å². The van der Waals surface area contributed by atoms with Gasteiger partial charge in [-0.1, -0.05) is 12.1 Å². The van der Waals surface area contributed by atoms with E-state index in [9.17, 15) is 18.3 Å². The van der Waals surface area contributed by atoms with E-state index in [2.05, 4.69) is 20.7 Å². The van der Waals surface area contributed by atoms with Gasteiger partial charge in [-0.3, -0.25) is 0 Å². The van der Waals surface area contributed by atoms with Crippen LogP contribution in [-0.2, 0) is 0 Å². The summed E-state index contributed by atoms with van der Waals surface area (Å²) < 4.78 is 41.0. The average molecular weight is 353 g/mol. The van der Waals surface area contributed by atoms with Crippen LogP contribution in [0.15, 0.2) is 40.2 Å². The molecule has 2 rings (SSSR count). The monoisotopic (exact) mass is 352 g/mol. The molecule has 1 heterocycles. The molecule has 1 aromatic heterocycles. The lowest BCUT2D eigenvalue weighted by atomic mass is 10.1. The van der Waals surface area contributed by atoms with Gasteiger partial charge in [0, 0.05) is 14.7 Å². The molecule has 0 aliphatic carbocycles. The fraction of sp³-hybridized carbons (Fsp3) is 0.167. The topological polar surface area (TPSA) is 29.5 Å². The molecule has 0 aliphatic heterocycles. The van der Waals surface area contributed by atoms with Crippen LogP contribution in [0.1, 0.15) is 16.5 Å². The van der Waals surface area contributed by atoms with Crippen molar-refractivity contribution in [2.75, 3.05) is 0 Å². The Morgan fingerprint density at radius 2 is 2.00 bits per heavy atom. The zero-order chi connectivity index (χ0) is 14.0. The molecule has 102 valence electrons. The summed E-state index contributed by atoms with van der Waals surface area (Å²) in [6, 6.07) is 7.02. The lowest BCUT2D eigenvalue weighted by Gasteiger charge is -2.12. The molecule has 0 fully saturated rings. The van der Waals surface area contributed by atoms with Gasteiger partial charge in [-0.25, -0.2) is 0 Å². The number of aliphatic hydroxyl groups excluding tert-OH is 1. The minimum absolute atomic E-state index is 0.344. The average Bonchev–Trinajstić information content (AvgIpc) is 2.73. The van der Waals surface area contributed by atoms with E-state index in [1.807, 2.05) is 0 Å². The van der Waals surface area contributed by atoms with Gasteiger partial charge in [0.25, 0.3) is 0 Å². The van der Waals surface area contributed by atoms with Gasteiger partial charge in [0.05, 0.1) is 0 Å². The second-order valence-corrected chi connectivity index (χ2v) is 5.55. The number of thiophene rings is 1. The van der Waals surface area contributed by atoms with Crippen molar-refractivity contribution in [2.45, 2.75) is 12.5 Å². The van der Waals surface area contributed by atoms with Crippen LogP contribution in [0.25, 0.3) is 0 Å². The fourth-order valence-corrected chi connectivity index (χ4v) is 2.97. The second kappa shape index (κ2) is 5.52. The molecule has 0 bridgehead atoms. The Morgan fingerprint density at radius 3 is 2.58 bits per heavy atom. The van der Waals surface area contributed by atoms with E-state index >= 15 is 0 Å². The van der Waals surface area contributed by atoms with Crippen LogP contribution in [0.5, 0.6) is 5.75 Å². The summed E-state index contributed by atoms with van der Waals surface area (Å²) in [4.78, 5) is 0.635. The molecule has 0 saturated heterocycles. The van der Waals surface area contributed by atoms with Crippen LogP contribution in [0.4, 0.5) is 13.2 Å². The number of rotatable bonds is 3. The number of aliphatic hydroxyl groups is 1. The first-order valence-corrected chi connectivity index (χ1v) is 6.80. The summed E-state index contributed by atoms with van der Waals surface area (Å²) in [5.41, 5.74) is 0.344. The Balaban J connectivity index is 2.23. The van der Waals surface area contributed by atoms with Crippen molar-refractivity contribution in [1.82, 2.24) is 0 Å². The molecule has 0 aliphatic rings. The molecular formula is C12H8BrF3O2S. The van der Waals surface area contributed by atoms with E-state index in [1.54, 1.807) is 17.5 Å². The maximum atomic E-state index is 12.1. The number of halogens is 4. The van der Waals surface area contributed by atoms with Crippen molar-refractivity contribution < 1.29 is 23.0 Å². The summed E-state index contributed by atoms with van der Waals surface area (Å²) in [6.45, 7) is 0. The first-order chi connectivity index (χ1) is 8.85. The smallest absolute Gasteiger partial charge is 0.406 e. The van der Waals surface area contributed by atoms with Gasteiger partial charge in [-0.15, -0.1) is 24.5 Å². The van der Waals surface area contributed by atoms with Crippen LogP contribution < -0.4 is 4.74 Å². The Kier molecular flexibility index (Phi) is 4.17. The summed E-state index contributed by atoms with van der Waals surface area (Å²) >= 11 is 4.56. The molecule has 19 heavy (non-hydrogen) atoms. The highest BCUT2D eigenvalue weighted by Crippen LogP contribution is 2.32. The predicted octanol–water partition coefficient (Wildman–Crippen LogP) is 4.49. The van der Waals surface area contributed by atoms with E-state index in [0.717, 1.165) is 4.47 Å². The van der Waals surface area contributed by atoms with E-state index in [0.29, 0.717) is 10.4 Å². The van der Waals surface area contributed by atoms with E-state index < -0.39 is 12.5 Å². The van der Waals surface area contributed by atoms with Crippen molar-refractivity contribution in [3.8, 4) is 5.75 Å². The standard InChI is InChI=1S/C12H8BrF3O2S/c13-8-5-10(19-6-8)11(17)7-2-1-3-9(4-7)18-12(14,15)16/h1-6,11,17H. The van der Waals surface area contributed by atoms with Gasteiger partial charge in [0.15, 0.2) is 0 Å². The van der Waals surface area contributed by atoms with Crippen molar-refractivity contribution in [2.24, 2.45) is 0 Å². The van der Waals surface area contributed by atoms with Gasteiger partial charge < -0.3 is 9.84 Å². The summed E-state index contributed by atoms with van der Waals surface area (Å²) in [6.07, 6.45) is -5.72. The number of alkyl halides is 3. The number of ether oxygens (including phenoxy) is 1. The lowest BCUT2D eigenvalue weighted by Crippen LogP contribution is -2.17. The first-order valence-electron chi connectivity index (χ1n) is 5.13. The highest BCUT2D eigenvalue weighted by molar-refractivity contribution is 9.10. The van der Waals surface area contributed by atoms with Crippen molar-refractivity contribution in [3.05, 3.63) is 50.6 Å². The van der Waals surface area contributed by atoms with E-state index in [-0.39, 0.29) is 5.75 Å². The van der Waals surface area contributed by atoms with Crippen LogP contribution in [0.3, 0.4) is 0 Å². The van der Waals surface area contributed by atoms with Crippen LogP contribution in [0.2, 0.25) is 0 Å². The minimum Gasteiger partial charge on any atom is -0.406 e. The van der Waals surface area contributed by atoms with Crippen LogP contribution >= 0.6 is 27.3 Å². The van der Waals surface area contributed by atoms with Crippen molar-refractivity contribution in [1.29, 1.82) is 0 Å². The Morgan fingerprint density at radius 1 is 1.26 bits per heavy atom. The van der Waals surface area contributed by atoms with Gasteiger partial charge in [-0.05, 0) is 39.7 Å². The molecule has 0 radical (unpaired) electrons. The highest BCUT2D eigenvalue weighted by atomic mass is 79.9. The summed E-state index contributed by atoms with van der Waals surface area (Å²) in [5, 5.41) is 11.9. The second-order valence-electron chi connectivity index (χ2n) is 3.69. The van der Waals surface area contributed by atoms with Gasteiger partial charge in [0.2, 0.25) is 0 Å². The fourth-order valence-electron chi connectivity index (χ4n) is 1.52. The lowest BCUT2D eigenvalue weighted by molar-refractivity contribution is -0.274. The molecule has 1 atom stereocenters. The maximum Gasteiger partial charge on any atom is 0.573 e. The third-order valence-electron chi connectivity index (χ3n) is 2.26. The Hall–Kier alpha value is -1.05. The van der Waals surface area contributed by atoms with Gasteiger partial charge >= 0.3 is 6.36 Å². The Bertz CT molecular complexity index is 568. The van der Waals surface area contributed by atoms with Crippen molar-refractivity contribution in [3.63, 3.8) is 0 Å². The molecule has 1 aromatic carbocycles. The zero-order valence-corrected chi connectivity index (χ0v) is 11.7. The van der Waals surface area contributed by atoms with Crippen molar-refractivity contribution >= 4 is 27.3 Å². The molecule has 0 saturated carbocycles. The van der Waals surface area contributed by atoms with E-state index in [1.165, 1.54) is 29.5 Å². The van der Waals surface area contributed by atoms with Gasteiger partial charge in [-0.2, -0.15) is 0 Å². The predicted molar refractivity (Wildman–Crippen MR) is 69.2 cm³/mol.